The lowest BCUT2D eigenvalue weighted by Crippen LogP contribution is -2.51. The van der Waals surface area contributed by atoms with Gasteiger partial charge in [-0.15, -0.1) is 0 Å². The van der Waals surface area contributed by atoms with Crippen molar-refractivity contribution in [3.05, 3.63) is 24.2 Å². The van der Waals surface area contributed by atoms with Crippen molar-refractivity contribution >= 4 is 5.91 Å². The van der Waals surface area contributed by atoms with Gasteiger partial charge in [0.15, 0.2) is 0 Å². The molecule has 1 aliphatic heterocycles. The number of ether oxygens (including phenoxy) is 1. The molecular weight excluding hydrogens is 244 g/mol. The monoisotopic (exact) mass is 266 g/mol. The Labute approximate surface area is 113 Å². The molecule has 3 N–H and O–H groups in total. The van der Waals surface area contributed by atoms with Crippen LogP contribution < -0.4 is 11.1 Å². The summed E-state index contributed by atoms with van der Waals surface area (Å²) in [5.41, 5.74) is 5.33. The largest absolute Gasteiger partial charge is 0.469 e. The number of aryl methyl sites for hydroxylation is 1. The van der Waals surface area contributed by atoms with E-state index >= 15 is 0 Å². The van der Waals surface area contributed by atoms with Crippen LogP contribution in [0.4, 0.5) is 0 Å². The van der Waals surface area contributed by atoms with Crippen molar-refractivity contribution in [3.8, 4) is 0 Å². The Kier molecular flexibility index (Phi) is 4.27. The van der Waals surface area contributed by atoms with Crippen molar-refractivity contribution in [1.82, 2.24) is 5.32 Å². The van der Waals surface area contributed by atoms with Crippen LogP contribution in [0.3, 0.4) is 0 Å². The molecule has 1 amide bonds. The van der Waals surface area contributed by atoms with Crippen LogP contribution in [0.15, 0.2) is 22.8 Å². The molecule has 1 aromatic heterocycles. The van der Waals surface area contributed by atoms with Gasteiger partial charge in [-0.2, -0.15) is 0 Å². The molecule has 3 atom stereocenters. The number of hydrogen-bond donors (Lipinski definition) is 2. The summed E-state index contributed by atoms with van der Waals surface area (Å²) in [6.45, 7) is 4.69. The van der Waals surface area contributed by atoms with Gasteiger partial charge < -0.3 is 20.2 Å². The van der Waals surface area contributed by atoms with Gasteiger partial charge in [0, 0.05) is 18.5 Å². The first-order chi connectivity index (χ1) is 9.02. The Morgan fingerprint density at radius 3 is 3.05 bits per heavy atom. The normalized spacial score (nSPS) is 28.3. The smallest absolute Gasteiger partial charge is 0.230 e. The van der Waals surface area contributed by atoms with E-state index in [0.717, 1.165) is 18.6 Å². The number of carbonyl (C=O) groups excluding carboxylic acids is 1. The molecule has 0 radical (unpaired) electrons. The molecule has 19 heavy (non-hydrogen) atoms. The van der Waals surface area contributed by atoms with Gasteiger partial charge in [-0.25, -0.2) is 0 Å². The molecule has 0 aliphatic carbocycles. The Morgan fingerprint density at radius 1 is 1.68 bits per heavy atom. The summed E-state index contributed by atoms with van der Waals surface area (Å²) in [6.07, 6.45) is 3.31. The minimum atomic E-state index is -0.612. The first-order valence-electron chi connectivity index (χ1n) is 6.69. The van der Waals surface area contributed by atoms with Crippen molar-refractivity contribution in [2.45, 2.75) is 38.8 Å². The third-order valence-electron chi connectivity index (χ3n) is 3.82. The van der Waals surface area contributed by atoms with Gasteiger partial charge >= 0.3 is 0 Å². The zero-order chi connectivity index (χ0) is 13.9. The molecule has 0 spiro atoms. The molecule has 3 unspecified atom stereocenters. The highest BCUT2D eigenvalue weighted by atomic mass is 16.5. The summed E-state index contributed by atoms with van der Waals surface area (Å²) in [4.78, 5) is 12.3. The van der Waals surface area contributed by atoms with E-state index in [9.17, 15) is 4.79 Å². The fourth-order valence-electron chi connectivity index (χ4n) is 2.20. The van der Waals surface area contributed by atoms with Gasteiger partial charge in [0.05, 0.1) is 24.9 Å². The molecule has 0 aromatic carbocycles. The van der Waals surface area contributed by atoms with E-state index in [2.05, 4.69) is 5.32 Å². The number of nitrogens with one attached hydrogen (secondary N) is 1. The van der Waals surface area contributed by atoms with Crippen LogP contribution in [-0.2, 0) is 16.0 Å². The first-order valence-corrected chi connectivity index (χ1v) is 6.69. The molecule has 1 aromatic rings. The maximum atomic E-state index is 12.3. The lowest BCUT2D eigenvalue weighted by atomic mass is 9.84. The maximum Gasteiger partial charge on any atom is 0.230 e. The zero-order valence-electron chi connectivity index (χ0n) is 11.5. The maximum absolute atomic E-state index is 12.3. The second kappa shape index (κ2) is 5.75. The van der Waals surface area contributed by atoms with Crippen LogP contribution in [0.1, 0.15) is 26.0 Å². The number of nitrogens with two attached hydrogens (primary N) is 1. The van der Waals surface area contributed by atoms with Gasteiger partial charge in [-0.3, -0.25) is 4.79 Å². The lowest BCUT2D eigenvalue weighted by Gasteiger charge is -2.27. The number of furan rings is 1. The van der Waals surface area contributed by atoms with Crippen LogP contribution in [0.2, 0.25) is 0 Å². The van der Waals surface area contributed by atoms with Gasteiger partial charge in [-0.05, 0) is 32.4 Å². The Bertz CT molecular complexity index is 418. The summed E-state index contributed by atoms with van der Waals surface area (Å²) < 4.78 is 10.6. The number of amides is 1. The van der Waals surface area contributed by atoms with Crippen molar-refractivity contribution in [3.63, 3.8) is 0 Å². The Hall–Kier alpha value is -1.33. The summed E-state index contributed by atoms with van der Waals surface area (Å²) in [5.74, 6) is 0.914. The van der Waals surface area contributed by atoms with E-state index in [1.807, 2.05) is 26.0 Å². The topological polar surface area (TPSA) is 77.5 Å². The second-order valence-corrected chi connectivity index (χ2v) is 5.53. The zero-order valence-corrected chi connectivity index (χ0v) is 11.5. The number of carbonyl (C=O) groups is 1. The number of rotatable bonds is 5. The minimum absolute atomic E-state index is 0.0237. The molecule has 2 rings (SSSR count). The summed E-state index contributed by atoms with van der Waals surface area (Å²) >= 11 is 0. The highest BCUT2D eigenvalue weighted by molar-refractivity contribution is 5.83. The minimum Gasteiger partial charge on any atom is -0.469 e. The van der Waals surface area contributed by atoms with Crippen molar-refractivity contribution in [1.29, 1.82) is 0 Å². The molecule has 1 aliphatic rings. The highest BCUT2D eigenvalue weighted by Gasteiger charge is 2.44. The van der Waals surface area contributed by atoms with Crippen LogP contribution in [-0.4, -0.2) is 31.2 Å². The SMILES string of the molecule is CC(CCc1ccco1)NC(=O)C1(C)COCC1N. The lowest BCUT2D eigenvalue weighted by molar-refractivity contribution is -0.131. The standard InChI is InChI=1S/C14H22N2O3/c1-10(5-6-11-4-3-7-19-11)16-13(17)14(2)9-18-8-12(14)15/h3-4,7,10,12H,5-6,8-9,15H2,1-2H3,(H,16,17). The van der Waals surface area contributed by atoms with Gasteiger partial charge in [0.25, 0.3) is 0 Å². The highest BCUT2D eigenvalue weighted by Crippen LogP contribution is 2.27. The summed E-state index contributed by atoms with van der Waals surface area (Å²) in [6, 6.07) is 3.66. The second-order valence-electron chi connectivity index (χ2n) is 5.53. The van der Waals surface area contributed by atoms with E-state index in [4.69, 9.17) is 14.9 Å². The Balaban J connectivity index is 1.81. The molecule has 5 nitrogen and oxygen atoms in total. The molecule has 0 saturated carbocycles. The molecular formula is C14H22N2O3. The fraction of sp³-hybridized carbons (Fsp3) is 0.643. The fourth-order valence-corrected chi connectivity index (χ4v) is 2.20. The Morgan fingerprint density at radius 2 is 2.47 bits per heavy atom. The van der Waals surface area contributed by atoms with E-state index in [0.29, 0.717) is 13.2 Å². The third-order valence-corrected chi connectivity index (χ3v) is 3.82. The van der Waals surface area contributed by atoms with E-state index < -0.39 is 5.41 Å². The van der Waals surface area contributed by atoms with Crippen LogP contribution in [0, 0.1) is 5.41 Å². The molecule has 5 heteroatoms. The van der Waals surface area contributed by atoms with Crippen molar-refractivity contribution < 1.29 is 13.9 Å². The average molecular weight is 266 g/mol. The number of hydrogen-bond acceptors (Lipinski definition) is 4. The predicted octanol–water partition coefficient (Wildman–Crippen LogP) is 1.08. The van der Waals surface area contributed by atoms with Crippen molar-refractivity contribution in [2.24, 2.45) is 11.1 Å². The molecule has 106 valence electrons. The van der Waals surface area contributed by atoms with Crippen LogP contribution >= 0.6 is 0 Å². The van der Waals surface area contributed by atoms with Crippen LogP contribution in [0.5, 0.6) is 0 Å². The van der Waals surface area contributed by atoms with E-state index in [1.165, 1.54) is 0 Å². The quantitative estimate of drug-likeness (QED) is 0.836. The average Bonchev–Trinajstić information content (AvgIpc) is 2.99. The summed E-state index contributed by atoms with van der Waals surface area (Å²) in [7, 11) is 0. The van der Waals surface area contributed by atoms with Gasteiger partial charge in [0.2, 0.25) is 5.91 Å². The predicted molar refractivity (Wildman–Crippen MR) is 71.5 cm³/mol. The molecule has 0 bridgehead atoms. The van der Waals surface area contributed by atoms with Gasteiger partial charge in [0.1, 0.15) is 5.76 Å². The van der Waals surface area contributed by atoms with E-state index in [-0.39, 0.29) is 18.0 Å². The van der Waals surface area contributed by atoms with Gasteiger partial charge in [-0.1, -0.05) is 0 Å². The van der Waals surface area contributed by atoms with E-state index in [1.54, 1.807) is 6.26 Å². The summed E-state index contributed by atoms with van der Waals surface area (Å²) in [5, 5.41) is 3.01. The van der Waals surface area contributed by atoms with Crippen LogP contribution in [0.25, 0.3) is 0 Å². The molecule has 2 heterocycles. The first kappa shape index (κ1) is 14.1. The molecule has 1 fully saturated rings. The van der Waals surface area contributed by atoms with Crippen molar-refractivity contribution in [2.75, 3.05) is 13.2 Å². The third kappa shape index (κ3) is 3.16. The molecule has 1 saturated heterocycles.